The molecule has 3 aromatic rings. The van der Waals surface area contributed by atoms with Crippen molar-refractivity contribution in [2.24, 2.45) is 0 Å². The van der Waals surface area contributed by atoms with Crippen LogP contribution in [0, 0.1) is 13.8 Å². The lowest BCUT2D eigenvalue weighted by Gasteiger charge is -2.11. The highest BCUT2D eigenvalue weighted by Crippen LogP contribution is 2.28. The van der Waals surface area contributed by atoms with Crippen LogP contribution in [-0.2, 0) is 11.3 Å². The molecule has 144 valence electrons. The van der Waals surface area contributed by atoms with Gasteiger partial charge in [-0.3, -0.25) is 14.3 Å². The topological polar surface area (TPSA) is 72.7 Å². The van der Waals surface area contributed by atoms with E-state index in [-0.39, 0.29) is 11.7 Å². The highest BCUT2D eigenvalue weighted by Gasteiger charge is 2.16. The summed E-state index contributed by atoms with van der Waals surface area (Å²) in [5.74, 6) is 0.661. The lowest BCUT2D eigenvalue weighted by molar-refractivity contribution is -0.113. The molecule has 0 radical (unpaired) electrons. The third-order valence-corrected chi connectivity index (χ3v) is 5.22. The largest absolute Gasteiger partial charge is 0.324 e. The van der Waals surface area contributed by atoms with E-state index in [1.165, 1.54) is 11.8 Å². The van der Waals surface area contributed by atoms with Crippen LogP contribution >= 0.6 is 23.4 Å². The molecule has 6 nitrogen and oxygen atoms in total. The zero-order valence-electron chi connectivity index (χ0n) is 15.6. The Bertz CT molecular complexity index is 980. The molecule has 0 atom stereocenters. The summed E-state index contributed by atoms with van der Waals surface area (Å²) in [7, 11) is 0. The predicted molar refractivity (Wildman–Crippen MR) is 114 cm³/mol. The van der Waals surface area contributed by atoms with E-state index in [1.54, 1.807) is 12.3 Å². The fourth-order valence-corrected chi connectivity index (χ4v) is 3.87. The Kier molecular flexibility index (Phi) is 6.49. The van der Waals surface area contributed by atoms with Crippen molar-refractivity contribution in [3.63, 3.8) is 0 Å². The van der Waals surface area contributed by atoms with Gasteiger partial charge >= 0.3 is 0 Å². The molecule has 0 fully saturated rings. The molecule has 8 heteroatoms. The molecule has 2 heterocycles. The van der Waals surface area contributed by atoms with Crippen LogP contribution in [0.15, 0.2) is 54.3 Å². The van der Waals surface area contributed by atoms with E-state index in [1.807, 2.05) is 48.7 Å². The Morgan fingerprint density at radius 2 is 2.14 bits per heavy atom. The van der Waals surface area contributed by atoms with E-state index >= 15 is 0 Å². The zero-order chi connectivity index (χ0) is 20.1. The molecule has 0 aliphatic rings. The van der Waals surface area contributed by atoms with Crippen molar-refractivity contribution >= 4 is 35.0 Å². The van der Waals surface area contributed by atoms with E-state index in [0.29, 0.717) is 28.2 Å². The number of aromatic nitrogens is 4. The molecule has 0 aliphatic carbocycles. The Balaban J connectivity index is 1.73. The van der Waals surface area contributed by atoms with E-state index in [9.17, 15) is 4.79 Å². The van der Waals surface area contributed by atoms with Crippen LogP contribution in [-0.4, -0.2) is 31.4 Å². The molecule has 0 saturated carbocycles. The van der Waals surface area contributed by atoms with Gasteiger partial charge in [-0.1, -0.05) is 41.6 Å². The second-order valence-electron chi connectivity index (χ2n) is 6.20. The Morgan fingerprint density at radius 3 is 2.82 bits per heavy atom. The van der Waals surface area contributed by atoms with Crippen molar-refractivity contribution in [2.45, 2.75) is 25.5 Å². The molecule has 28 heavy (non-hydrogen) atoms. The summed E-state index contributed by atoms with van der Waals surface area (Å²) in [6.07, 6.45) is 3.46. The van der Waals surface area contributed by atoms with Crippen LogP contribution < -0.4 is 5.32 Å². The first kappa shape index (κ1) is 20.1. The van der Waals surface area contributed by atoms with Gasteiger partial charge in [0.2, 0.25) is 5.91 Å². The maximum Gasteiger partial charge on any atom is 0.234 e. The van der Waals surface area contributed by atoms with Crippen molar-refractivity contribution in [1.82, 2.24) is 19.7 Å². The average Bonchev–Trinajstić information content (AvgIpc) is 3.07. The molecule has 1 aromatic carbocycles. The first-order valence-corrected chi connectivity index (χ1v) is 10.0. The molecule has 0 spiro atoms. The molecule has 0 bridgehead atoms. The van der Waals surface area contributed by atoms with Gasteiger partial charge in [-0.25, -0.2) is 0 Å². The quantitative estimate of drug-likeness (QED) is 0.455. The number of nitrogens with zero attached hydrogens (tertiary/aromatic N) is 4. The number of allylic oxidation sites excluding steroid dienone is 1. The average molecular weight is 414 g/mol. The minimum atomic E-state index is -0.161. The summed E-state index contributed by atoms with van der Waals surface area (Å²) in [6.45, 7) is 8.19. The first-order chi connectivity index (χ1) is 13.5. The van der Waals surface area contributed by atoms with Crippen LogP contribution in [0.5, 0.6) is 0 Å². The number of benzene rings is 1. The number of amides is 1. The number of thioether (sulfide) groups is 1. The number of rotatable bonds is 7. The van der Waals surface area contributed by atoms with Crippen LogP contribution in [0.25, 0.3) is 11.5 Å². The molecule has 0 unspecified atom stereocenters. The zero-order valence-corrected chi connectivity index (χ0v) is 17.2. The minimum Gasteiger partial charge on any atom is -0.324 e. The van der Waals surface area contributed by atoms with Crippen molar-refractivity contribution < 1.29 is 4.79 Å². The van der Waals surface area contributed by atoms with Gasteiger partial charge in [-0.2, -0.15) is 0 Å². The third-order valence-electron chi connectivity index (χ3n) is 3.95. The molecular formula is C20H20ClN5OS. The number of anilines is 1. The predicted octanol–water partition coefficient (Wildman–Crippen LogP) is 4.53. The van der Waals surface area contributed by atoms with E-state index in [0.717, 1.165) is 16.8 Å². The number of nitrogens with one attached hydrogen (secondary N) is 1. The lowest BCUT2D eigenvalue weighted by atomic mass is 10.1. The normalized spacial score (nSPS) is 10.7. The maximum absolute atomic E-state index is 12.4. The van der Waals surface area contributed by atoms with Gasteiger partial charge in [0.05, 0.1) is 16.5 Å². The molecular weight excluding hydrogens is 394 g/mol. The summed E-state index contributed by atoms with van der Waals surface area (Å²) in [6, 6.07) is 9.41. The van der Waals surface area contributed by atoms with Crippen LogP contribution in [0.1, 0.15) is 11.1 Å². The standard InChI is InChI=1S/C20H20ClN5OS/c1-4-9-26-19(16-7-5-6-8-22-16)24-25-20(26)28-12-17(27)23-18-14(3)10-13(2)11-15(18)21/h4-8,10-11H,1,9,12H2,2-3H3,(H,23,27). The molecule has 0 aliphatic heterocycles. The van der Waals surface area contributed by atoms with Gasteiger partial charge in [0.15, 0.2) is 11.0 Å². The number of hydrogen-bond donors (Lipinski definition) is 1. The van der Waals surface area contributed by atoms with Crippen LogP contribution in [0.4, 0.5) is 5.69 Å². The van der Waals surface area contributed by atoms with E-state index in [4.69, 9.17) is 11.6 Å². The monoisotopic (exact) mass is 413 g/mol. The fourth-order valence-electron chi connectivity index (χ4n) is 2.75. The minimum absolute atomic E-state index is 0.161. The first-order valence-electron chi connectivity index (χ1n) is 8.64. The van der Waals surface area contributed by atoms with Crippen molar-refractivity contribution in [1.29, 1.82) is 0 Å². The molecule has 1 amide bonds. The fraction of sp³-hybridized carbons (Fsp3) is 0.200. The van der Waals surface area contributed by atoms with Crippen molar-refractivity contribution in [3.05, 3.63) is 65.3 Å². The van der Waals surface area contributed by atoms with Crippen molar-refractivity contribution in [2.75, 3.05) is 11.1 Å². The summed E-state index contributed by atoms with van der Waals surface area (Å²) in [5.41, 5.74) is 3.33. The number of hydrogen-bond acceptors (Lipinski definition) is 5. The molecule has 2 aromatic heterocycles. The van der Waals surface area contributed by atoms with Crippen LogP contribution in [0.3, 0.4) is 0 Å². The smallest absolute Gasteiger partial charge is 0.234 e. The summed E-state index contributed by atoms with van der Waals surface area (Å²) in [4.78, 5) is 16.8. The summed E-state index contributed by atoms with van der Waals surface area (Å²) >= 11 is 7.57. The van der Waals surface area contributed by atoms with Gasteiger partial charge in [-0.05, 0) is 43.2 Å². The van der Waals surface area contributed by atoms with Gasteiger partial charge in [0, 0.05) is 12.7 Å². The molecule has 3 rings (SSSR count). The number of halogens is 1. The van der Waals surface area contributed by atoms with Crippen LogP contribution in [0.2, 0.25) is 5.02 Å². The number of carbonyl (C=O) groups is 1. The van der Waals surface area contributed by atoms with Gasteiger partial charge < -0.3 is 5.32 Å². The second kappa shape index (κ2) is 9.03. The Labute approximate surface area is 173 Å². The molecule has 1 N–H and O–H groups in total. The SMILES string of the molecule is C=CCn1c(SCC(=O)Nc2c(C)cc(C)cc2Cl)nnc1-c1ccccn1. The Morgan fingerprint density at radius 1 is 1.32 bits per heavy atom. The lowest BCUT2D eigenvalue weighted by Crippen LogP contribution is -2.16. The number of carbonyl (C=O) groups excluding carboxylic acids is 1. The van der Waals surface area contributed by atoms with Gasteiger partial charge in [0.25, 0.3) is 0 Å². The van der Waals surface area contributed by atoms with Crippen molar-refractivity contribution in [3.8, 4) is 11.5 Å². The van der Waals surface area contributed by atoms with Gasteiger partial charge in [-0.15, -0.1) is 16.8 Å². The highest BCUT2D eigenvalue weighted by atomic mass is 35.5. The second-order valence-corrected chi connectivity index (χ2v) is 7.55. The van der Waals surface area contributed by atoms with Gasteiger partial charge in [0.1, 0.15) is 5.69 Å². The van der Waals surface area contributed by atoms with E-state index in [2.05, 4.69) is 27.1 Å². The third kappa shape index (κ3) is 4.61. The number of aryl methyl sites for hydroxylation is 2. The summed E-state index contributed by atoms with van der Waals surface area (Å²) < 4.78 is 1.89. The number of pyridine rings is 1. The maximum atomic E-state index is 12.4. The Hall–Kier alpha value is -2.64. The summed E-state index contributed by atoms with van der Waals surface area (Å²) in [5, 5.41) is 12.5. The highest BCUT2D eigenvalue weighted by molar-refractivity contribution is 7.99. The van der Waals surface area contributed by atoms with E-state index < -0.39 is 0 Å². The molecule has 0 saturated heterocycles.